The Kier molecular flexibility index (Phi) is 4.26. The quantitative estimate of drug-likeness (QED) is 0.883. The summed E-state index contributed by atoms with van der Waals surface area (Å²) in [5.74, 6) is -0.768. The molecule has 0 aromatic heterocycles. The third-order valence-electron chi connectivity index (χ3n) is 2.83. The molecule has 4 heteroatoms. The van der Waals surface area contributed by atoms with Crippen LogP contribution >= 0.6 is 0 Å². The Morgan fingerprint density at radius 3 is 2.53 bits per heavy atom. The van der Waals surface area contributed by atoms with E-state index in [1.54, 1.807) is 6.07 Å². The summed E-state index contributed by atoms with van der Waals surface area (Å²) in [6, 6.07) is 14.7. The van der Waals surface area contributed by atoms with Gasteiger partial charge in [-0.15, -0.1) is 0 Å². The highest BCUT2D eigenvalue weighted by Crippen LogP contribution is 2.12. The van der Waals surface area contributed by atoms with Crippen molar-refractivity contribution in [2.45, 2.75) is 6.04 Å². The molecule has 0 heterocycles. The van der Waals surface area contributed by atoms with Gasteiger partial charge in [0.25, 0.3) is 5.91 Å². The van der Waals surface area contributed by atoms with E-state index in [2.05, 4.69) is 5.32 Å². The Balaban J connectivity index is 2.13. The molecule has 0 aliphatic carbocycles. The first-order valence-electron chi connectivity index (χ1n) is 6.02. The van der Waals surface area contributed by atoms with Crippen LogP contribution in [0, 0.1) is 5.82 Å². The van der Waals surface area contributed by atoms with Crippen LogP contribution in [0.2, 0.25) is 0 Å². The van der Waals surface area contributed by atoms with Crippen LogP contribution in [0.3, 0.4) is 0 Å². The maximum atomic E-state index is 13.1. The zero-order valence-corrected chi connectivity index (χ0v) is 10.3. The Morgan fingerprint density at radius 1 is 1.16 bits per heavy atom. The van der Waals surface area contributed by atoms with Crippen molar-refractivity contribution in [3.63, 3.8) is 0 Å². The van der Waals surface area contributed by atoms with Gasteiger partial charge < -0.3 is 11.1 Å². The first kappa shape index (κ1) is 13.2. The number of carbonyl (C=O) groups excluding carboxylic acids is 1. The maximum Gasteiger partial charge on any atom is 0.251 e. The van der Waals surface area contributed by atoms with Crippen molar-refractivity contribution in [1.82, 2.24) is 5.32 Å². The topological polar surface area (TPSA) is 55.1 Å². The molecule has 0 bridgehead atoms. The zero-order valence-electron chi connectivity index (χ0n) is 10.3. The lowest BCUT2D eigenvalue weighted by Gasteiger charge is -2.17. The molecule has 0 aliphatic heterocycles. The Hall–Kier alpha value is -2.20. The lowest BCUT2D eigenvalue weighted by Crippen LogP contribution is -2.33. The monoisotopic (exact) mass is 258 g/mol. The van der Waals surface area contributed by atoms with Crippen molar-refractivity contribution in [3.05, 3.63) is 71.5 Å². The first-order valence-corrected chi connectivity index (χ1v) is 6.02. The van der Waals surface area contributed by atoms with Crippen LogP contribution in [0.15, 0.2) is 54.6 Å². The number of benzene rings is 2. The van der Waals surface area contributed by atoms with Gasteiger partial charge in [-0.1, -0.05) is 36.4 Å². The molecule has 0 aliphatic rings. The number of amides is 1. The fourth-order valence-corrected chi connectivity index (χ4v) is 1.83. The molecular formula is C15H15FN2O. The molecule has 0 saturated heterocycles. The molecular weight excluding hydrogens is 243 g/mol. The highest BCUT2D eigenvalue weighted by atomic mass is 19.1. The SMILES string of the molecule is NCC(NC(=O)c1cccc(F)c1)c1ccccc1. The van der Waals surface area contributed by atoms with Crippen LogP contribution in [0.4, 0.5) is 4.39 Å². The van der Waals surface area contributed by atoms with Crippen molar-refractivity contribution in [2.75, 3.05) is 6.54 Å². The molecule has 2 aromatic rings. The largest absolute Gasteiger partial charge is 0.344 e. The number of nitrogens with one attached hydrogen (secondary N) is 1. The predicted molar refractivity (Wildman–Crippen MR) is 72.1 cm³/mol. The van der Waals surface area contributed by atoms with E-state index < -0.39 is 5.82 Å². The summed E-state index contributed by atoms with van der Waals surface area (Å²) < 4.78 is 13.1. The van der Waals surface area contributed by atoms with Crippen molar-refractivity contribution < 1.29 is 9.18 Å². The number of nitrogens with two attached hydrogens (primary N) is 1. The Morgan fingerprint density at radius 2 is 1.89 bits per heavy atom. The van der Waals surface area contributed by atoms with Crippen molar-refractivity contribution in [1.29, 1.82) is 0 Å². The minimum atomic E-state index is -0.434. The van der Waals surface area contributed by atoms with E-state index in [1.807, 2.05) is 30.3 Å². The van der Waals surface area contributed by atoms with Crippen LogP contribution < -0.4 is 11.1 Å². The fourth-order valence-electron chi connectivity index (χ4n) is 1.83. The second kappa shape index (κ2) is 6.11. The van der Waals surface area contributed by atoms with E-state index >= 15 is 0 Å². The minimum absolute atomic E-state index is 0.281. The van der Waals surface area contributed by atoms with E-state index in [1.165, 1.54) is 18.2 Å². The molecule has 2 aromatic carbocycles. The van der Waals surface area contributed by atoms with Crippen LogP contribution in [-0.2, 0) is 0 Å². The molecule has 0 fully saturated rings. The van der Waals surface area contributed by atoms with Crippen LogP contribution in [0.5, 0.6) is 0 Å². The van der Waals surface area contributed by atoms with E-state index in [-0.39, 0.29) is 24.1 Å². The molecule has 1 unspecified atom stereocenters. The molecule has 3 nitrogen and oxygen atoms in total. The summed E-state index contributed by atoms with van der Waals surface area (Å²) in [5.41, 5.74) is 6.88. The van der Waals surface area contributed by atoms with Gasteiger partial charge in [0, 0.05) is 12.1 Å². The van der Waals surface area contributed by atoms with Gasteiger partial charge in [-0.05, 0) is 23.8 Å². The van der Waals surface area contributed by atoms with Gasteiger partial charge in [-0.25, -0.2) is 4.39 Å². The number of halogens is 1. The van der Waals surface area contributed by atoms with E-state index in [4.69, 9.17) is 5.73 Å². The van der Waals surface area contributed by atoms with Crippen molar-refractivity contribution in [3.8, 4) is 0 Å². The third kappa shape index (κ3) is 3.39. The Bertz CT molecular complexity index is 557. The lowest BCUT2D eigenvalue weighted by atomic mass is 10.1. The van der Waals surface area contributed by atoms with E-state index in [9.17, 15) is 9.18 Å². The third-order valence-corrected chi connectivity index (χ3v) is 2.83. The van der Waals surface area contributed by atoms with E-state index in [0.29, 0.717) is 0 Å². The summed E-state index contributed by atoms with van der Waals surface area (Å²) in [7, 11) is 0. The molecule has 19 heavy (non-hydrogen) atoms. The summed E-state index contributed by atoms with van der Waals surface area (Å²) in [4.78, 5) is 12.0. The number of hydrogen-bond donors (Lipinski definition) is 2. The summed E-state index contributed by atoms with van der Waals surface area (Å²) in [6.07, 6.45) is 0. The van der Waals surface area contributed by atoms with Crippen LogP contribution in [0.25, 0.3) is 0 Å². The van der Waals surface area contributed by atoms with Gasteiger partial charge in [-0.2, -0.15) is 0 Å². The zero-order chi connectivity index (χ0) is 13.7. The van der Waals surface area contributed by atoms with Gasteiger partial charge in [0.1, 0.15) is 5.82 Å². The highest BCUT2D eigenvalue weighted by Gasteiger charge is 2.14. The Labute approximate surface area is 111 Å². The summed E-state index contributed by atoms with van der Waals surface area (Å²) in [5, 5.41) is 2.80. The van der Waals surface area contributed by atoms with Crippen molar-refractivity contribution >= 4 is 5.91 Å². The maximum absolute atomic E-state index is 13.1. The average Bonchev–Trinajstić information content (AvgIpc) is 2.45. The van der Waals surface area contributed by atoms with E-state index in [0.717, 1.165) is 5.56 Å². The molecule has 1 atom stereocenters. The van der Waals surface area contributed by atoms with Gasteiger partial charge in [-0.3, -0.25) is 4.79 Å². The summed E-state index contributed by atoms with van der Waals surface area (Å²) in [6.45, 7) is 0.283. The molecule has 0 spiro atoms. The first-order chi connectivity index (χ1) is 9.20. The van der Waals surface area contributed by atoms with Crippen molar-refractivity contribution in [2.24, 2.45) is 5.73 Å². The second-order valence-electron chi connectivity index (χ2n) is 4.18. The predicted octanol–water partition coefficient (Wildman–Crippen LogP) is 2.26. The molecule has 0 saturated carbocycles. The number of carbonyl (C=O) groups is 1. The van der Waals surface area contributed by atoms with Gasteiger partial charge >= 0.3 is 0 Å². The standard InChI is InChI=1S/C15H15FN2O/c16-13-8-4-7-12(9-13)15(19)18-14(10-17)11-5-2-1-3-6-11/h1-9,14H,10,17H2,(H,18,19). The minimum Gasteiger partial charge on any atom is -0.344 e. The second-order valence-corrected chi connectivity index (χ2v) is 4.18. The normalized spacial score (nSPS) is 11.9. The van der Waals surface area contributed by atoms with Gasteiger partial charge in [0.2, 0.25) is 0 Å². The number of hydrogen-bond acceptors (Lipinski definition) is 2. The average molecular weight is 258 g/mol. The molecule has 98 valence electrons. The fraction of sp³-hybridized carbons (Fsp3) is 0.133. The highest BCUT2D eigenvalue weighted by molar-refractivity contribution is 5.94. The smallest absolute Gasteiger partial charge is 0.251 e. The number of rotatable bonds is 4. The molecule has 2 rings (SSSR count). The summed E-state index contributed by atoms with van der Waals surface area (Å²) >= 11 is 0. The molecule has 3 N–H and O–H groups in total. The molecule has 0 radical (unpaired) electrons. The van der Waals surface area contributed by atoms with Crippen LogP contribution in [-0.4, -0.2) is 12.5 Å². The van der Waals surface area contributed by atoms with Gasteiger partial charge in [0.05, 0.1) is 6.04 Å². The lowest BCUT2D eigenvalue weighted by molar-refractivity contribution is 0.0937. The van der Waals surface area contributed by atoms with Gasteiger partial charge in [0.15, 0.2) is 0 Å². The van der Waals surface area contributed by atoms with Crippen LogP contribution in [0.1, 0.15) is 22.0 Å². The molecule has 1 amide bonds.